The summed E-state index contributed by atoms with van der Waals surface area (Å²) in [7, 11) is 1.53. The monoisotopic (exact) mass is 168 g/mol. The third kappa shape index (κ3) is 1.41. The molecule has 1 saturated carbocycles. The highest BCUT2D eigenvalue weighted by Crippen LogP contribution is 2.32. The second kappa shape index (κ2) is 3.11. The third-order valence-electron chi connectivity index (χ3n) is 2.23. The van der Waals surface area contributed by atoms with E-state index in [0.29, 0.717) is 12.8 Å². The number of aliphatic hydroxyl groups is 1. The van der Waals surface area contributed by atoms with Gasteiger partial charge < -0.3 is 10.0 Å². The van der Waals surface area contributed by atoms with Crippen LogP contribution in [-0.2, 0) is 4.79 Å². The molecule has 0 heterocycles. The van der Waals surface area contributed by atoms with Crippen molar-refractivity contribution in [1.29, 1.82) is 5.26 Å². The van der Waals surface area contributed by atoms with Gasteiger partial charge in [-0.1, -0.05) is 0 Å². The van der Waals surface area contributed by atoms with Crippen molar-refractivity contribution >= 4 is 5.91 Å². The first-order chi connectivity index (χ1) is 5.60. The Morgan fingerprint density at radius 1 is 1.75 bits per heavy atom. The minimum absolute atomic E-state index is 0.0428. The molecule has 4 nitrogen and oxygen atoms in total. The highest BCUT2D eigenvalue weighted by atomic mass is 16.3. The lowest BCUT2D eigenvalue weighted by atomic mass is 9.79. The van der Waals surface area contributed by atoms with E-state index in [1.165, 1.54) is 11.9 Å². The van der Waals surface area contributed by atoms with Crippen LogP contribution in [0.15, 0.2) is 0 Å². The van der Waals surface area contributed by atoms with E-state index in [0.717, 1.165) is 6.42 Å². The number of carbonyl (C=O) groups excluding carboxylic acids is 1. The van der Waals surface area contributed by atoms with E-state index in [4.69, 9.17) is 5.26 Å². The first kappa shape index (κ1) is 9.01. The zero-order valence-electron chi connectivity index (χ0n) is 7.08. The Kier molecular flexibility index (Phi) is 2.34. The molecule has 12 heavy (non-hydrogen) atoms. The van der Waals surface area contributed by atoms with Crippen LogP contribution in [0, 0.1) is 11.3 Å². The Labute approximate surface area is 71.4 Å². The maximum absolute atomic E-state index is 11.4. The minimum Gasteiger partial charge on any atom is -0.380 e. The molecule has 1 amide bonds. The van der Waals surface area contributed by atoms with Crippen LogP contribution in [0.1, 0.15) is 19.3 Å². The van der Waals surface area contributed by atoms with Crippen molar-refractivity contribution < 1.29 is 9.90 Å². The van der Waals surface area contributed by atoms with E-state index < -0.39 is 5.60 Å². The van der Waals surface area contributed by atoms with E-state index in [-0.39, 0.29) is 12.5 Å². The lowest BCUT2D eigenvalue weighted by molar-refractivity contribution is -0.158. The summed E-state index contributed by atoms with van der Waals surface area (Å²) >= 11 is 0. The van der Waals surface area contributed by atoms with Crippen LogP contribution in [0.25, 0.3) is 0 Å². The average Bonchev–Trinajstić information content (AvgIpc) is 1.99. The van der Waals surface area contributed by atoms with Crippen molar-refractivity contribution in [1.82, 2.24) is 4.90 Å². The number of likely N-dealkylation sites (N-methyl/N-ethyl adjacent to an activating group) is 1. The van der Waals surface area contributed by atoms with Crippen LogP contribution in [-0.4, -0.2) is 35.1 Å². The Bertz CT molecular complexity index is 228. The molecular weight excluding hydrogens is 156 g/mol. The summed E-state index contributed by atoms with van der Waals surface area (Å²) in [4.78, 5) is 12.6. The zero-order chi connectivity index (χ0) is 9.19. The topological polar surface area (TPSA) is 64.3 Å². The van der Waals surface area contributed by atoms with Crippen LogP contribution >= 0.6 is 0 Å². The van der Waals surface area contributed by atoms with Gasteiger partial charge in [0.15, 0.2) is 0 Å². The van der Waals surface area contributed by atoms with Gasteiger partial charge in [0.2, 0.25) is 0 Å². The molecule has 0 bridgehead atoms. The van der Waals surface area contributed by atoms with Crippen molar-refractivity contribution in [3.05, 3.63) is 0 Å². The quantitative estimate of drug-likeness (QED) is 0.585. The largest absolute Gasteiger partial charge is 0.380 e. The number of nitrogens with zero attached hydrogens (tertiary/aromatic N) is 2. The molecule has 0 aromatic rings. The fourth-order valence-corrected chi connectivity index (χ4v) is 1.26. The smallest absolute Gasteiger partial charge is 0.255 e. The van der Waals surface area contributed by atoms with Crippen molar-refractivity contribution in [2.45, 2.75) is 24.9 Å². The minimum atomic E-state index is -1.16. The van der Waals surface area contributed by atoms with Gasteiger partial charge in [-0.3, -0.25) is 4.79 Å². The summed E-state index contributed by atoms with van der Waals surface area (Å²) < 4.78 is 0. The van der Waals surface area contributed by atoms with Gasteiger partial charge >= 0.3 is 0 Å². The van der Waals surface area contributed by atoms with Gasteiger partial charge in [0.1, 0.15) is 12.1 Å². The summed E-state index contributed by atoms with van der Waals surface area (Å²) in [6, 6.07) is 1.86. The number of nitriles is 1. The SMILES string of the molecule is CN(CC#N)C(=O)C1(O)CCC1. The number of hydrogen-bond acceptors (Lipinski definition) is 3. The maximum atomic E-state index is 11.4. The lowest BCUT2D eigenvalue weighted by Gasteiger charge is -2.37. The van der Waals surface area contributed by atoms with Gasteiger partial charge in [-0.15, -0.1) is 0 Å². The molecule has 1 aliphatic carbocycles. The van der Waals surface area contributed by atoms with Crippen LogP contribution in [0.3, 0.4) is 0 Å². The highest BCUT2D eigenvalue weighted by Gasteiger charge is 2.43. The van der Waals surface area contributed by atoms with E-state index in [1.807, 2.05) is 6.07 Å². The normalized spacial score (nSPS) is 19.1. The first-order valence-corrected chi connectivity index (χ1v) is 3.95. The van der Waals surface area contributed by atoms with Gasteiger partial charge in [-0.25, -0.2) is 0 Å². The van der Waals surface area contributed by atoms with Gasteiger partial charge in [-0.05, 0) is 19.3 Å². The molecule has 0 unspecified atom stereocenters. The predicted molar refractivity (Wildman–Crippen MR) is 42.1 cm³/mol. The van der Waals surface area contributed by atoms with Gasteiger partial charge in [0.05, 0.1) is 6.07 Å². The standard InChI is InChI=1S/C8H12N2O2/c1-10(6-5-9)7(11)8(12)3-2-4-8/h12H,2-4,6H2,1H3. The number of amides is 1. The summed E-state index contributed by atoms with van der Waals surface area (Å²) in [6.45, 7) is 0.0428. The third-order valence-corrected chi connectivity index (χ3v) is 2.23. The van der Waals surface area contributed by atoms with E-state index in [1.54, 1.807) is 0 Å². The highest BCUT2D eigenvalue weighted by molar-refractivity contribution is 5.85. The molecule has 0 aliphatic heterocycles. The molecule has 4 heteroatoms. The van der Waals surface area contributed by atoms with Gasteiger partial charge in [0.25, 0.3) is 5.91 Å². The molecule has 0 aromatic carbocycles. The first-order valence-electron chi connectivity index (χ1n) is 3.95. The molecule has 0 saturated heterocycles. The number of hydrogen-bond donors (Lipinski definition) is 1. The van der Waals surface area contributed by atoms with Crippen LogP contribution in [0.5, 0.6) is 0 Å². The molecule has 0 aromatic heterocycles. The van der Waals surface area contributed by atoms with E-state index in [9.17, 15) is 9.90 Å². The van der Waals surface area contributed by atoms with E-state index >= 15 is 0 Å². The molecule has 0 radical (unpaired) electrons. The fraction of sp³-hybridized carbons (Fsp3) is 0.750. The molecular formula is C8H12N2O2. The van der Waals surface area contributed by atoms with Gasteiger partial charge in [0, 0.05) is 7.05 Å². The second-order valence-electron chi connectivity index (χ2n) is 3.20. The van der Waals surface area contributed by atoms with Gasteiger partial charge in [-0.2, -0.15) is 5.26 Å². The van der Waals surface area contributed by atoms with Crippen molar-refractivity contribution in [2.75, 3.05) is 13.6 Å². The van der Waals surface area contributed by atoms with Crippen LogP contribution < -0.4 is 0 Å². The Balaban J connectivity index is 2.52. The maximum Gasteiger partial charge on any atom is 0.255 e. The van der Waals surface area contributed by atoms with Crippen LogP contribution in [0.2, 0.25) is 0 Å². The molecule has 66 valence electrons. The Morgan fingerprint density at radius 3 is 2.67 bits per heavy atom. The second-order valence-corrected chi connectivity index (χ2v) is 3.20. The average molecular weight is 168 g/mol. The number of rotatable bonds is 2. The molecule has 1 rings (SSSR count). The van der Waals surface area contributed by atoms with Crippen LogP contribution in [0.4, 0.5) is 0 Å². The Hall–Kier alpha value is -1.08. The summed E-state index contributed by atoms with van der Waals surface area (Å²) in [5, 5.41) is 17.9. The van der Waals surface area contributed by atoms with Crippen molar-refractivity contribution in [2.24, 2.45) is 0 Å². The number of carbonyl (C=O) groups is 1. The summed E-state index contributed by atoms with van der Waals surface area (Å²) in [6.07, 6.45) is 1.95. The predicted octanol–water partition coefficient (Wildman–Crippen LogP) is -0.117. The molecule has 1 N–H and O–H groups in total. The lowest BCUT2D eigenvalue weighted by Crippen LogP contribution is -2.52. The van der Waals surface area contributed by atoms with Crippen molar-refractivity contribution in [3.63, 3.8) is 0 Å². The fourth-order valence-electron chi connectivity index (χ4n) is 1.26. The zero-order valence-corrected chi connectivity index (χ0v) is 7.08. The van der Waals surface area contributed by atoms with Crippen molar-refractivity contribution in [3.8, 4) is 6.07 Å². The molecule has 0 spiro atoms. The molecule has 1 aliphatic rings. The molecule has 0 atom stereocenters. The Morgan fingerprint density at radius 2 is 2.33 bits per heavy atom. The molecule has 1 fully saturated rings. The summed E-state index contributed by atoms with van der Waals surface area (Å²) in [5.74, 6) is -0.324. The summed E-state index contributed by atoms with van der Waals surface area (Å²) in [5.41, 5.74) is -1.16. The van der Waals surface area contributed by atoms with E-state index in [2.05, 4.69) is 0 Å².